The lowest BCUT2D eigenvalue weighted by molar-refractivity contribution is -0.119. The molecule has 4 rings (SSSR count). The van der Waals surface area contributed by atoms with Crippen molar-refractivity contribution < 1.29 is 33.4 Å². The van der Waals surface area contributed by atoms with Crippen molar-refractivity contribution in [2.24, 2.45) is 8.56 Å². The quantitative estimate of drug-likeness (QED) is 0.104. The number of nitrogens with one attached hydrogen (secondary N) is 2. The number of halogens is 1. The van der Waals surface area contributed by atoms with Gasteiger partial charge in [-0.15, -0.1) is 0 Å². The SMILES string of the molecule is CC(C)(CO)C(=O)SCCOP(=O)(NCc1ccccc1)OC[C@@H]1C[C@@](C)(O)[C@H](N2I=Nc3c2nc[nH]c3=O)O1. The van der Waals surface area contributed by atoms with Gasteiger partial charge in [0.2, 0.25) is 0 Å². The normalized spacial score (nSPS) is 24.0. The van der Waals surface area contributed by atoms with Gasteiger partial charge in [0, 0.05) is 18.7 Å². The van der Waals surface area contributed by atoms with Crippen molar-refractivity contribution in [2.45, 2.75) is 51.7 Å². The molecule has 1 aromatic heterocycles. The minimum atomic E-state index is -3.86. The fourth-order valence-corrected chi connectivity index (χ4v) is 8.52. The Bertz CT molecular complexity index is 1330. The van der Waals surface area contributed by atoms with Gasteiger partial charge in [-0.1, -0.05) is 42.1 Å². The van der Waals surface area contributed by atoms with Gasteiger partial charge in [-0.3, -0.25) is 21.7 Å². The molecule has 1 unspecified atom stereocenters. The van der Waals surface area contributed by atoms with E-state index < -0.39 is 52.4 Å². The number of rotatable bonds is 13. The molecule has 220 valence electrons. The van der Waals surface area contributed by atoms with Gasteiger partial charge in [0.15, 0.2) is 22.8 Å². The topological polar surface area (TPSA) is 176 Å². The highest BCUT2D eigenvalue weighted by Gasteiger charge is 2.49. The molecule has 1 fully saturated rings. The first-order chi connectivity index (χ1) is 18.9. The molecule has 1 saturated heterocycles. The number of hydrogen-bond donors (Lipinski definition) is 4. The van der Waals surface area contributed by atoms with Gasteiger partial charge in [0.25, 0.3) is 5.56 Å². The maximum absolute atomic E-state index is 13.7. The van der Waals surface area contributed by atoms with Gasteiger partial charge in [-0.05, 0) is 26.3 Å². The van der Waals surface area contributed by atoms with Crippen molar-refractivity contribution in [3.8, 4) is 0 Å². The van der Waals surface area contributed by atoms with Crippen molar-refractivity contribution in [3.05, 3.63) is 52.6 Å². The molecule has 0 saturated carbocycles. The molecule has 4 atom stereocenters. The Hall–Kier alpha value is -1.56. The van der Waals surface area contributed by atoms with E-state index in [9.17, 15) is 24.4 Å². The molecular weight excluding hydrogens is 676 g/mol. The number of H-pyrrole nitrogens is 1. The number of fused-ring (bicyclic) bond motifs is 1. The van der Waals surface area contributed by atoms with E-state index in [4.69, 9.17) is 13.8 Å². The highest BCUT2D eigenvalue weighted by molar-refractivity contribution is 14.2. The first kappa shape index (κ1) is 31.4. The predicted molar refractivity (Wildman–Crippen MR) is 158 cm³/mol. The van der Waals surface area contributed by atoms with Gasteiger partial charge in [0.1, 0.15) is 26.9 Å². The first-order valence-electron chi connectivity index (χ1n) is 12.5. The number of aromatic amines is 1. The summed E-state index contributed by atoms with van der Waals surface area (Å²) < 4.78 is 37.2. The van der Waals surface area contributed by atoms with Gasteiger partial charge in [-0.2, -0.15) is 3.15 Å². The van der Waals surface area contributed by atoms with Crippen LogP contribution in [0.5, 0.6) is 0 Å². The van der Waals surface area contributed by atoms with E-state index >= 15 is 0 Å². The standard InChI is InChI=1S/C24H33IN5O8PS/c1-23(2,14-31)22(33)40-10-9-36-39(35,28-12-16-7-5-4-6-8-16)37-13-17-11-24(3,34)21(38-17)30-19-18(29-25-30)20(32)27-15-26-19/h4-8,15,17,21,31,34H,9-14H2,1-3H3,(H,28,35)(H,26,27,32)/t17-,21+,24+,39?/m0/s1. The molecule has 0 bridgehead atoms. The Kier molecular flexibility index (Phi) is 10.3. The molecule has 0 amide bonds. The van der Waals surface area contributed by atoms with E-state index in [-0.39, 0.29) is 54.9 Å². The lowest BCUT2D eigenvalue weighted by atomic mass is 9.97. The number of benzene rings is 1. The smallest absolute Gasteiger partial charge is 0.395 e. The molecule has 4 N–H and O–H groups in total. The molecule has 2 aromatic rings. The molecule has 0 aliphatic carbocycles. The summed E-state index contributed by atoms with van der Waals surface area (Å²) in [6, 6.07) is 9.32. The van der Waals surface area contributed by atoms with Crippen LogP contribution in [0, 0.1) is 5.41 Å². The van der Waals surface area contributed by atoms with Crippen LogP contribution in [0.1, 0.15) is 32.8 Å². The summed E-state index contributed by atoms with van der Waals surface area (Å²) in [7, 11) is -3.86. The third kappa shape index (κ3) is 7.63. The fourth-order valence-electron chi connectivity index (χ4n) is 3.86. The van der Waals surface area contributed by atoms with Crippen molar-refractivity contribution in [1.82, 2.24) is 15.1 Å². The number of aliphatic hydroxyl groups excluding tert-OH is 1. The number of nitrogens with zero attached hydrogens (tertiary/aromatic N) is 3. The summed E-state index contributed by atoms with van der Waals surface area (Å²) in [4.78, 5) is 31.1. The van der Waals surface area contributed by atoms with E-state index in [1.54, 1.807) is 23.9 Å². The van der Waals surface area contributed by atoms with Crippen molar-refractivity contribution >= 4 is 57.4 Å². The number of aromatic nitrogens is 2. The number of carbonyl (C=O) groups is 1. The van der Waals surface area contributed by atoms with Crippen LogP contribution >= 0.6 is 40.8 Å². The Morgan fingerprint density at radius 1 is 1.38 bits per heavy atom. The number of anilines is 1. The monoisotopic (exact) mass is 709 g/mol. The summed E-state index contributed by atoms with van der Waals surface area (Å²) in [6.07, 6.45) is 0.0105. The summed E-state index contributed by atoms with van der Waals surface area (Å²) in [6.45, 7) is 4.66. The van der Waals surface area contributed by atoms with E-state index in [0.717, 1.165) is 17.3 Å². The summed E-state index contributed by atoms with van der Waals surface area (Å²) in [5.41, 5.74) is -1.47. The zero-order valence-corrected chi connectivity index (χ0v) is 26.1. The van der Waals surface area contributed by atoms with Crippen LogP contribution in [0.4, 0.5) is 11.5 Å². The van der Waals surface area contributed by atoms with Gasteiger partial charge in [0.05, 0.1) is 37.7 Å². The lowest BCUT2D eigenvalue weighted by Crippen LogP contribution is -2.44. The second kappa shape index (κ2) is 13.2. The van der Waals surface area contributed by atoms with Crippen LogP contribution in [0.15, 0.2) is 44.6 Å². The highest BCUT2D eigenvalue weighted by Crippen LogP contribution is 2.48. The molecule has 0 radical (unpaired) electrons. The molecule has 40 heavy (non-hydrogen) atoms. The van der Waals surface area contributed by atoms with Crippen LogP contribution in [0.2, 0.25) is 0 Å². The van der Waals surface area contributed by atoms with Crippen LogP contribution in [0.25, 0.3) is 0 Å². The largest absolute Gasteiger partial charge is 0.405 e. The van der Waals surface area contributed by atoms with E-state index in [0.29, 0.717) is 5.82 Å². The summed E-state index contributed by atoms with van der Waals surface area (Å²) in [5.74, 6) is 0.575. The van der Waals surface area contributed by atoms with E-state index in [1.807, 2.05) is 30.3 Å². The molecule has 2 aliphatic rings. The minimum Gasteiger partial charge on any atom is -0.395 e. The number of carbonyl (C=O) groups excluding carboxylic acids is 1. The van der Waals surface area contributed by atoms with Crippen molar-refractivity contribution in [3.63, 3.8) is 0 Å². The average molecular weight is 710 g/mol. The Morgan fingerprint density at radius 2 is 2.12 bits per heavy atom. The van der Waals surface area contributed by atoms with E-state index in [2.05, 4.69) is 18.2 Å². The number of aliphatic hydroxyl groups is 2. The second-order valence-corrected chi connectivity index (χ2v) is 15.0. The van der Waals surface area contributed by atoms with Crippen molar-refractivity contribution in [2.75, 3.05) is 28.7 Å². The second-order valence-electron chi connectivity index (χ2n) is 10.2. The molecule has 13 nitrogen and oxygen atoms in total. The van der Waals surface area contributed by atoms with Crippen LogP contribution in [-0.2, 0) is 29.7 Å². The molecule has 1 aromatic carbocycles. The Morgan fingerprint density at radius 3 is 2.85 bits per heavy atom. The fraction of sp³-hybridized carbons (Fsp3) is 0.542. The zero-order valence-electron chi connectivity index (χ0n) is 22.3. The average Bonchev–Trinajstić information content (AvgIpc) is 3.49. The van der Waals surface area contributed by atoms with Crippen LogP contribution in [0.3, 0.4) is 0 Å². The van der Waals surface area contributed by atoms with Crippen LogP contribution in [-0.4, -0.2) is 68.8 Å². The van der Waals surface area contributed by atoms with Gasteiger partial charge >= 0.3 is 7.75 Å². The van der Waals surface area contributed by atoms with Gasteiger partial charge in [-0.25, -0.2) is 14.6 Å². The molecule has 16 heteroatoms. The maximum Gasteiger partial charge on any atom is 0.405 e. The van der Waals surface area contributed by atoms with Gasteiger partial charge < -0.3 is 19.9 Å². The maximum atomic E-state index is 13.7. The van der Waals surface area contributed by atoms with Crippen LogP contribution < -0.4 is 13.8 Å². The number of ether oxygens (including phenoxy) is 1. The molecule has 3 heterocycles. The molecule has 0 spiro atoms. The predicted octanol–water partition coefficient (Wildman–Crippen LogP) is 3.37. The zero-order chi connectivity index (χ0) is 29.0. The number of thioether (sulfide) groups is 1. The lowest BCUT2D eigenvalue weighted by Gasteiger charge is -2.30. The Balaban J connectivity index is 1.38. The minimum absolute atomic E-state index is 0.0421. The summed E-state index contributed by atoms with van der Waals surface area (Å²) in [5, 5.41) is 23.2. The van der Waals surface area contributed by atoms with E-state index in [1.165, 1.54) is 6.33 Å². The number of hydrogen-bond acceptors (Lipinski definition) is 12. The Labute approximate surface area is 246 Å². The third-order valence-corrected chi connectivity index (χ3v) is 11.1. The third-order valence-electron chi connectivity index (χ3n) is 6.19. The molecule has 2 aliphatic heterocycles. The summed E-state index contributed by atoms with van der Waals surface area (Å²) >= 11 is -0.0526. The first-order valence-corrected chi connectivity index (χ1v) is 17.0. The highest BCUT2D eigenvalue weighted by atomic mass is 127. The molecular formula is C24H33IN5O8PS. The van der Waals surface area contributed by atoms with Crippen molar-refractivity contribution in [1.29, 1.82) is 0 Å².